The summed E-state index contributed by atoms with van der Waals surface area (Å²) in [5.41, 5.74) is 1.14. The predicted octanol–water partition coefficient (Wildman–Crippen LogP) is 4.95. The summed E-state index contributed by atoms with van der Waals surface area (Å²) in [6, 6.07) is 12.4. The van der Waals surface area contributed by atoms with Crippen molar-refractivity contribution in [3.63, 3.8) is 0 Å². The minimum atomic E-state index is -2.21. The van der Waals surface area contributed by atoms with E-state index in [0.29, 0.717) is 12.4 Å². The van der Waals surface area contributed by atoms with Gasteiger partial charge in [-0.2, -0.15) is 0 Å². The number of phenolic OH excluding ortho intramolecular Hbond substituents is 2. The van der Waals surface area contributed by atoms with Crippen LogP contribution in [0.4, 0.5) is 0 Å². The van der Waals surface area contributed by atoms with Gasteiger partial charge in [0.2, 0.25) is 8.32 Å². The number of carbonyl (C=O) groups excluding carboxylic acids is 1. The van der Waals surface area contributed by atoms with Gasteiger partial charge in [-0.15, -0.1) is 0 Å². The first kappa shape index (κ1) is 26.4. The number of phenols is 2. The van der Waals surface area contributed by atoms with Crippen molar-refractivity contribution in [1.82, 2.24) is 0 Å². The molecule has 0 aliphatic carbocycles. The number of fused-ring (bicyclic) bond motifs is 1. The summed E-state index contributed by atoms with van der Waals surface area (Å²) < 4.78 is 31.2. The highest BCUT2D eigenvalue weighted by molar-refractivity contribution is 6.70. The van der Waals surface area contributed by atoms with Gasteiger partial charge in [-0.1, -0.05) is 30.3 Å². The minimum Gasteiger partial charge on any atom is -0.545 e. The van der Waals surface area contributed by atoms with E-state index >= 15 is 0 Å². The topological polar surface area (TPSA) is 104 Å². The molecule has 36 heavy (non-hydrogen) atoms. The van der Waals surface area contributed by atoms with Crippen molar-refractivity contribution < 1.29 is 38.4 Å². The van der Waals surface area contributed by atoms with Crippen molar-refractivity contribution in [3.8, 4) is 11.5 Å². The van der Waals surface area contributed by atoms with E-state index in [1.807, 2.05) is 63.8 Å². The van der Waals surface area contributed by atoms with E-state index in [4.69, 9.17) is 23.4 Å². The molecule has 1 unspecified atom stereocenters. The molecule has 2 aliphatic rings. The molecule has 0 bridgehead atoms. The third-order valence-corrected chi connectivity index (χ3v) is 6.67. The Kier molecular flexibility index (Phi) is 7.32. The van der Waals surface area contributed by atoms with E-state index in [1.165, 1.54) is 19.1 Å². The number of hydrogen-bond acceptors (Lipinski definition) is 8. The van der Waals surface area contributed by atoms with Gasteiger partial charge in [-0.05, 0) is 64.2 Å². The summed E-state index contributed by atoms with van der Waals surface area (Å²) in [5.74, 6) is -1.26. The minimum absolute atomic E-state index is 0.000235. The normalized spacial score (nSPS) is 25.6. The quantitative estimate of drug-likeness (QED) is 0.221. The maximum Gasteiger partial charge on any atom is 0.241 e. The second-order valence-electron chi connectivity index (χ2n) is 10.5. The molecule has 0 saturated carbocycles. The molecule has 4 rings (SSSR count). The average Bonchev–Trinajstić information content (AvgIpc) is 3.25. The van der Waals surface area contributed by atoms with Gasteiger partial charge in [-0.3, -0.25) is 4.79 Å². The van der Waals surface area contributed by atoms with E-state index in [2.05, 4.69) is 0 Å². The Morgan fingerprint density at radius 1 is 1.06 bits per heavy atom. The van der Waals surface area contributed by atoms with Crippen molar-refractivity contribution in [1.29, 1.82) is 0 Å². The first-order valence-corrected chi connectivity index (χ1v) is 15.4. The number of hydrogen-bond donors (Lipinski definition) is 2. The highest BCUT2D eigenvalue weighted by Gasteiger charge is 2.57. The van der Waals surface area contributed by atoms with Crippen LogP contribution in [0.1, 0.15) is 42.3 Å². The molecule has 0 amide bonds. The second-order valence-corrected chi connectivity index (χ2v) is 14.9. The van der Waals surface area contributed by atoms with Gasteiger partial charge in [0, 0.05) is 5.56 Å². The summed E-state index contributed by atoms with van der Waals surface area (Å²) in [6.07, 6.45) is -0.996. The van der Waals surface area contributed by atoms with Crippen molar-refractivity contribution in [2.75, 3.05) is 0 Å². The Morgan fingerprint density at radius 3 is 2.36 bits per heavy atom. The summed E-state index contributed by atoms with van der Waals surface area (Å²) in [6.45, 7) is 11.3. The summed E-state index contributed by atoms with van der Waals surface area (Å²) in [7, 11) is -2.21. The van der Waals surface area contributed by atoms with Gasteiger partial charge in [0.15, 0.2) is 17.9 Å². The fourth-order valence-electron chi connectivity index (χ4n) is 4.44. The molecule has 194 valence electrons. The SMILES string of the molecule is CC(=O)c1c(O)ccc(O)c1/C=C(\O[Si](C)(C)C)C1O[C@@H]2OC(C)(C)O[C@@H]2[C@H]1OCc1ccccc1. The van der Waals surface area contributed by atoms with Crippen LogP contribution in [-0.4, -0.2) is 54.7 Å². The van der Waals surface area contributed by atoms with Crippen LogP contribution in [-0.2, 0) is 30.0 Å². The van der Waals surface area contributed by atoms with Gasteiger partial charge < -0.3 is 33.6 Å². The number of Topliss-reactive ketones (excluding diaryl/α,β-unsaturated/α-hetero) is 1. The fourth-order valence-corrected chi connectivity index (χ4v) is 5.32. The number of benzene rings is 2. The summed E-state index contributed by atoms with van der Waals surface area (Å²) in [5, 5.41) is 21.0. The van der Waals surface area contributed by atoms with Crippen LogP contribution in [0.5, 0.6) is 11.5 Å². The number of carbonyl (C=O) groups is 1. The zero-order valence-electron chi connectivity index (χ0n) is 21.5. The molecule has 0 spiro atoms. The number of rotatable bonds is 8. The molecule has 0 aromatic heterocycles. The van der Waals surface area contributed by atoms with E-state index in [-0.39, 0.29) is 22.6 Å². The molecule has 2 saturated heterocycles. The monoisotopic (exact) mass is 514 g/mol. The lowest BCUT2D eigenvalue weighted by molar-refractivity contribution is -0.216. The molecule has 2 aromatic carbocycles. The maximum atomic E-state index is 12.4. The third-order valence-electron chi connectivity index (χ3n) is 5.82. The van der Waals surface area contributed by atoms with Crippen LogP contribution in [0.15, 0.2) is 48.2 Å². The lowest BCUT2D eigenvalue weighted by atomic mass is 9.99. The molecule has 2 heterocycles. The molecular weight excluding hydrogens is 480 g/mol. The largest absolute Gasteiger partial charge is 0.545 e. The van der Waals surface area contributed by atoms with Crippen molar-refractivity contribution in [2.45, 2.75) is 77.4 Å². The standard InChI is InChI=1S/C27H34O8Si/c1-16(28)22-18(19(29)12-13-20(22)30)14-21(35-36(4,5)6)23-24(31-15-17-10-8-7-9-11-17)25-26(32-23)34-27(2,3)33-25/h7-14,23-26,29-30H,15H2,1-6H3/b21-14-/t23?,24-,25+,26+/m0/s1. The first-order valence-electron chi connectivity index (χ1n) is 12.0. The van der Waals surface area contributed by atoms with E-state index in [9.17, 15) is 15.0 Å². The van der Waals surface area contributed by atoms with Crippen LogP contribution in [0.25, 0.3) is 6.08 Å². The molecule has 2 aliphatic heterocycles. The van der Waals surface area contributed by atoms with E-state index < -0.39 is 44.5 Å². The van der Waals surface area contributed by atoms with Crippen molar-refractivity contribution >= 4 is 20.2 Å². The predicted molar refractivity (Wildman–Crippen MR) is 136 cm³/mol. The molecule has 2 fully saturated rings. The molecule has 8 nitrogen and oxygen atoms in total. The molecular formula is C27H34O8Si. The molecule has 9 heteroatoms. The molecule has 0 radical (unpaired) electrons. The van der Waals surface area contributed by atoms with Gasteiger partial charge in [-0.25, -0.2) is 0 Å². The zero-order valence-corrected chi connectivity index (χ0v) is 22.5. The van der Waals surface area contributed by atoms with Gasteiger partial charge in [0.25, 0.3) is 0 Å². The highest BCUT2D eigenvalue weighted by Crippen LogP contribution is 2.43. The second kappa shape index (κ2) is 9.99. The smallest absolute Gasteiger partial charge is 0.241 e. The Hall–Kier alpha value is -2.69. The van der Waals surface area contributed by atoms with Crippen LogP contribution >= 0.6 is 0 Å². The Morgan fingerprint density at radius 2 is 1.72 bits per heavy atom. The summed E-state index contributed by atoms with van der Waals surface area (Å²) in [4.78, 5) is 12.4. The molecule has 2 N–H and O–H groups in total. The van der Waals surface area contributed by atoms with E-state index in [0.717, 1.165) is 5.56 Å². The fraction of sp³-hybridized carbons (Fsp3) is 0.444. The van der Waals surface area contributed by atoms with Crippen LogP contribution in [0, 0.1) is 0 Å². The molecule has 4 atom stereocenters. The van der Waals surface area contributed by atoms with Crippen LogP contribution in [0.2, 0.25) is 19.6 Å². The van der Waals surface area contributed by atoms with Crippen molar-refractivity contribution in [2.24, 2.45) is 0 Å². The average molecular weight is 515 g/mol. The van der Waals surface area contributed by atoms with Gasteiger partial charge in [0.1, 0.15) is 35.6 Å². The van der Waals surface area contributed by atoms with Gasteiger partial charge >= 0.3 is 0 Å². The van der Waals surface area contributed by atoms with E-state index in [1.54, 1.807) is 6.08 Å². The maximum absolute atomic E-state index is 12.4. The Balaban J connectivity index is 1.76. The lowest BCUT2D eigenvalue weighted by Crippen LogP contribution is -2.40. The zero-order chi connectivity index (χ0) is 26.3. The van der Waals surface area contributed by atoms with Crippen molar-refractivity contribution in [3.05, 3.63) is 64.9 Å². The lowest BCUT2D eigenvalue weighted by Gasteiger charge is -2.31. The number of ketones is 1. The Bertz CT molecular complexity index is 1140. The van der Waals surface area contributed by atoms with Crippen LogP contribution < -0.4 is 0 Å². The number of aromatic hydroxyl groups is 2. The van der Waals surface area contributed by atoms with Crippen LogP contribution in [0.3, 0.4) is 0 Å². The van der Waals surface area contributed by atoms with Gasteiger partial charge in [0.05, 0.1) is 12.2 Å². The summed E-state index contributed by atoms with van der Waals surface area (Å²) >= 11 is 0. The Labute approximate surface area is 212 Å². The third kappa shape index (κ3) is 5.82. The first-order chi connectivity index (χ1) is 16.8. The molecule has 2 aromatic rings. The number of ether oxygens (including phenoxy) is 4. The highest BCUT2D eigenvalue weighted by atomic mass is 28.4.